The predicted molar refractivity (Wildman–Crippen MR) is 92.1 cm³/mol. The summed E-state index contributed by atoms with van der Waals surface area (Å²) in [5.74, 6) is 0.0449. The van der Waals surface area contributed by atoms with E-state index in [1.165, 1.54) is 19.2 Å². The van der Waals surface area contributed by atoms with Gasteiger partial charge in [0, 0.05) is 23.4 Å². The number of rotatable bonds is 4. The van der Waals surface area contributed by atoms with Gasteiger partial charge in [-0.05, 0) is 55.7 Å². The number of anilines is 1. The van der Waals surface area contributed by atoms with Gasteiger partial charge in [-0.3, -0.25) is 4.79 Å². The summed E-state index contributed by atoms with van der Waals surface area (Å²) in [4.78, 5) is 12.7. The third-order valence-electron chi connectivity index (χ3n) is 4.35. The average molecular weight is 328 g/mol. The van der Waals surface area contributed by atoms with Gasteiger partial charge >= 0.3 is 0 Å². The Morgan fingerprint density at radius 2 is 2.17 bits per heavy atom. The zero-order valence-corrected chi connectivity index (χ0v) is 13.9. The minimum Gasteiger partial charge on any atom is -0.496 e. The predicted octanol–water partition coefficient (Wildman–Crippen LogP) is 3.68. The average Bonchev–Trinajstić information content (AvgIpc) is 2.61. The Bertz CT molecular complexity index is 761. The van der Waals surface area contributed by atoms with E-state index in [0.29, 0.717) is 16.9 Å². The fraction of sp³-hybridized carbons (Fsp3) is 0.316. The quantitative estimate of drug-likeness (QED) is 0.900. The van der Waals surface area contributed by atoms with E-state index in [1.807, 2.05) is 25.1 Å². The van der Waals surface area contributed by atoms with E-state index in [4.69, 9.17) is 4.74 Å². The lowest BCUT2D eigenvalue weighted by molar-refractivity contribution is 0.0938. The molecule has 0 saturated heterocycles. The molecule has 2 N–H and O–H groups in total. The summed E-state index contributed by atoms with van der Waals surface area (Å²) >= 11 is 0. The van der Waals surface area contributed by atoms with Gasteiger partial charge in [0.15, 0.2) is 0 Å². The van der Waals surface area contributed by atoms with Crippen LogP contribution in [0.15, 0.2) is 36.4 Å². The van der Waals surface area contributed by atoms with Crippen molar-refractivity contribution >= 4 is 11.6 Å². The molecule has 1 amide bonds. The van der Waals surface area contributed by atoms with Crippen LogP contribution in [-0.4, -0.2) is 19.6 Å². The van der Waals surface area contributed by atoms with Gasteiger partial charge in [0.25, 0.3) is 5.91 Å². The number of hydrogen-bond donors (Lipinski definition) is 2. The van der Waals surface area contributed by atoms with Gasteiger partial charge in [0.2, 0.25) is 0 Å². The first kappa shape index (κ1) is 16.3. The molecule has 5 heteroatoms. The molecule has 3 rings (SSSR count). The van der Waals surface area contributed by atoms with Crippen molar-refractivity contribution in [2.45, 2.75) is 25.8 Å². The van der Waals surface area contributed by atoms with Crippen molar-refractivity contribution in [2.24, 2.45) is 0 Å². The number of nitrogens with one attached hydrogen (secondary N) is 2. The van der Waals surface area contributed by atoms with Crippen molar-refractivity contribution < 1.29 is 13.9 Å². The standard InChI is InChI=1S/C19H21FN2O2/c1-12(16-11-13(20)8-9-18(16)24-2)22-19(23)15-5-3-7-17-14(15)6-4-10-21-17/h3,5,7-9,11-12,21H,4,6,10H2,1-2H3,(H,22,23). The summed E-state index contributed by atoms with van der Waals surface area (Å²) in [6.07, 6.45) is 1.88. The van der Waals surface area contributed by atoms with E-state index in [9.17, 15) is 9.18 Å². The summed E-state index contributed by atoms with van der Waals surface area (Å²) in [7, 11) is 1.53. The topological polar surface area (TPSA) is 50.4 Å². The van der Waals surface area contributed by atoms with E-state index in [-0.39, 0.29) is 17.8 Å². The third kappa shape index (κ3) is 3.20. The molecule has 0 radical (unpaired) electrons. The van der Waals surface area contributed by atoms with Crippen molar-refractivity contribution in [3.8, 4) is 5.75 Å². The van der Waals surface area contributed by atoms with Crippen LogP contribution in [0, 0.1) is 5.82 Å². The van der Waals surface area contributed by atoms with Crippen LogP contribution in [0.1, 0.15) is 40.9 Å². The molecule has 1 aliphatic rings. The van der Waals surface area contributed by atoms with Crippen LogP contribution in [-0.2, 0) is 6.42 Å². The summed E-state index contributed by atoms with van der Waals surface area (Å²) in [6, 6.07) is 9.64. The largest absolute Gasteiger partial charge is 0.496 e. The van der Waals surface area contributed by atoms with Gasteiger partial charge in [0.1, 0.15) is 11.6 Å². The Labute approximate surface area is 141 Å². The Kier molecular flexibility index (Phi) is 4.69. The molecule has 2 aromatic carbocycles. The van der Waals surface area contributed by atoms with E-state index in [0.717, 1.165) is 30.6 Å². The molecule has 1 heterocycles. The number of carbonyl (C=O) groups excluding carboxylic acids is 1. The fourth-order valence-corrected chi connectivity index (χ4v) is 3.12. The summed E-state index contributed by atoms with van der Waals surface area (Å²) in [5, 5.41) is 6.27. The van der Waals surface area contributed by atoms with Gasteiger partial charge < -0.3 is 15.4 Å². The van der Waals surface area contributed by atoms with E-state index in [2.05, 4.69) is 10.6 Å². The van der Waals surface area contributed by atoms with Crippen molar-refractivity contribution in [3.05, 3.63) is 58.9 Å². The minimum atomic E-state index is -0.365. The Balaban J connectivity index is 1.84. The molecule has 1 unspecified atom stereocenters. The van der Waals surface area contributed by atoms with Gasteiger partial charge in [0.05, 0.1) is 13.2 Å². The maximum Gasteiger partial charge on any atom is 0.252 e. The number of ether oxygens (including phenoxy) is 1. The molecule has 2 aromatic rings. The number of amides is 1. The normalized spacial score (nSPS) is 14.3. The highest BCUT2D eigenvalue weighted by Gasteiger charge is 2.20. The number of hydrogen-bond acceptors (Lipinski definition) is 3. The van der Waals surface area contributed by atoms with Gasteiger partial charge in [-0.1, -0.05) is 6.07 Å². The van der Waals surface area contributed by atoms with Crippen LogP contribution in [0.4, 0.5) is 10.1 Å². The lowest BCUT2D eigenvalue weighted by atomic mass is 9.96. The molecule has 24 heavy (non-hydrogen) atoms. The van der Waals surface area contributed by atoms with Gasteiger partial charge in [-0.15, -0.1) is 0 Å². The van der Waals surface area contributed by atoms with Crippen LogP contribution in [0.5, 0.6) is 5.75 Å². The number of fused-ring (bicyclic) bond motifs is 1. The highest BCUT2D eigenvalue weighted by Crippen LogP contribution is 2.28. The zero-order valence-electron chi connectivity index (χ0n) is 13.9. The molecule has 126 valence electrons. The first-order chi connectivity index (χ1) is 11.6. The molecular formula is C19H21FN2O2. The third-order valence-corrected chi connectivity index (χ3v) is 4.35. The molecular weight excluding hydrogens is 307 g/mol. The molecule has 0 aliphatic carbocycles. The van der Waals surface area contributed by atoms with Crippen molar-refractivity contribution in [2.75, 3.05) is 19.0 Å². The van der Waals surface area contributed by atoms with Gasteiger partial charge in [-0.2, -0.15) is 0 Å². The smallest absolute Gasteiger partial charge is 0.252 e. The molecule has 0 spiro atoms. The van der Waals surface area contributed by atoms with E-state index < -0.39 is 0 Å². The summed E-state index contributed by atoms with van der Waals surface area (Å²) in [6.45, 7) is 2.75. The molecule has 1 atom stereocenters. The minimum absolute atomic E-state index is 0.158. The first-order valence-electron chi connectivity index (χ1n) is 8.10. The lowest BCUT2D eigenvalue weighted by Crippen LogP contribution is -2.29. The van der Waals surface area contributed by atoms with E-state index >= 15 is 0 Å². The second-order valence-electron chi connectivity index (χ2n) is 5.94. The maximum absolute atomic E-state index is 13.6. The molecule has 0 saturated carbocycles. The van der Waals surface area contributed by atoms with Crippen molar-refractivity contribution in [3.63, 3.8) is 0 Å². The number of carbonyl (C=O) groups is 1. The van der Waals surface area contributed by atoms with Crippen LogP contribution in [0.25, 0.3) is 0 Å². The summed E-state index contributed by atoms with van der Waals surface area (Å²) in [5.41, 5.74) is 3.35. The van der Waals surface area contributed by atoms with Crippen LogP contribution < -0.4 is 15.4 Å². The highest BCUT2D eigenvalue weighted by atomic mass is 19.1. The first-order valence-corrected chi connectivity index (χ1v) is 8.10. The number of benzene rings is 2. The fourth-order valence-electron chi connectivity index (χ4n) is 3.12. The summed E-state index contributed by atoms with van der Waals surface area (Å²) < 4.78 is 18.8. The second-order valence-corrected chi connectivity index (χ2v) is 5.94. The Morgan fingerprint density at radius 1 is 1.33 bits per heavy atom. The Hall–Kier alpha value is -2.56. The van der Waals surface area contributed by atoms with Crippen molar-refractivity contribution in [1.82, 2.24) is 5.32 Å². The molecule has 0 fully saturated rings. The molecule has 1 aliphatic heterocycles. The number of halogens is 1. The SMILES string of the molecule is COc1ccc(F)cc1C(C)NC(=O)c1cccc2c1CCCN2. The zero-order chi connectivity index (χ0) is 17.1. The number of methoxy groups -OCH3 is 1. The maximum atomic E-state index is 13.6. The lowest BCUT2D eigenvalue weighted by Gasteiger charge is -2.22. The van der Waals surface area contributed by atoms with Crippen LogP contribution in [0.2, 0.25) is 0 Å². The molecule has 4 nitrogen and oxygen atoms in total. The highest BCUT2D eigenvalue weighted by molar-refractivity contribution is 5.97. The molecule has 0 bridgehead atoms. The van der Waals surface area contributed by atoms with E-state index in [1.54, 1.807) is 6.07 Å². The second kappa shape index (κ2) is 6.91. The Morgan fingerprint density at radius 3 is 2.96 bits per heavy atom. The van der Waals surface area contributed by atoms with Crippen LogP contribution >= 0.6 is 0 Å². The monoisotopic (exact) mass is 328 g/mol. The molecule has 0 aromatic heterocycles. The van der Waals surface area contributed by atoms with Gasteiger partial charge in [-0.25, -0.2) is 4.39 Å². The van der Waals surface area contributed by atoms with Crippen molar-refractivity contribution in [1.29, 1.82) is 0 Å². The van der Waals surface area contributed by atoms with Crippen LogP contribution in [0.3, 0.4) is 0 Å².